The molecule has 102 valence electrons. The Balaban J connectivity index is 0.00000162. The molecule has 1 aliphatic heterocycles. The van der Waals surface area contributed by atoms with Crippen molar-refractivity contribution in [1.82, 2.24) is 10.2 Å². The third-order valence-corrected chi connectivity index (χ3v) is 4.37. The van der Waals surface area contributed by atoms with E-state index in [-0.39, 0.29) is 18.3 Å². The molecule has 0 bridgehead atoms. The van der Waals surface area contributed by atoms with Crippen LogP contribution >= 0.6 is 23.7 Å². The molecule has 0 radical (unpaired) electrons. The Hall–Kier alpha value is -0.580. The molecule has 18 heavy (non-hydrogen) atoms. The number of carbonyl (C=O) groups excluding carboxylic acids is 1. The van der Waals surface area contributed by atoms with Gasteiger partial charge in [0.15, 0.2) is 0 Å². The molecule has 1 amide bonds. The van der Waals surface area contributed by atoms with E-state index in [9.17, 15) is 4.79 Å². The summed E-state index contributed by atoms with van der Waals surface area (Å²) in [6.07, 6.45) is 2.70. The Labute approximate surface area is 119 Å². The van der Waals surface area contributed by atoms with Crippen LogP contribution in [0.2, 0.25) is 0 Å². The van der Waals surface area contributed by atoms with Gasteiger partial charge in [0.1, 0.15) is 0 Å². The number of aryl methyl sites for hydroxylation is 1. The maximum atomic E-state index is 12.1. The summed E-state index contributed by atoms with van der Waals surface area (Å²) in [6.45, 7) is 4.13. The van der Waals surface area contributed by atoms with Gasteiger partial charge in [0.25, 0.3) is 0 Å². The predicted molar refractivity (Wildman–Crippen MR) is 78.7 cm³/mol. The third-order valence-electron chi connectivity index (χ3n) is 3.37. The highest BCUT2D eigenvalue weighted by Crippen LogP contribution is 2.18. The van der Waals surface area contributed by atoms with Gasteiger partial charge in [-0.25, -0.2) is 0 Å². The zero-order chi connectivity index (χ0) is 12.3. The number of thiophene rings is 1. The van der Waals surface area contributed by atoms with Gasteiger partial charge in [-0.05, 0) is 45.0 Å². The molecule has 1 aromatic heterocycles. The lowest BCUT2D eigenvalue weighted by Gasteiger charge is -2.31. The van der Waals surface area contributed by atoms with E-state index in [1.807, 2.05) is 11.9 Å². The van der Waals surface area contributed by atoms with Gasteiger partial charge in [0.05, 0.1) is 6.42 Å². The summed E-state index contributed by atoms with van der Waals surface area (Å²) in [6, 6.07) is 4.57. The fraction of sp³-hybridized carbons (Fsp3) is 0.615. The molecule has 1 saturated heterocycles. The van der Waals surface area contributed by atoms with Crippen molar-refractivity contribution >= 4 is 29.7 Å². The van der Waals surface area contributed by atoms with Crippen LogP contribution in [-0.2, 0) is 11.2 Å². The summed E-state index contributed by atoms with van der Waals surface area (Å²) < 4.78 is 0. The lowest BCUT2D eigenvalue weighted by atomic mass is 10.1. The van der Waals surface area contributed by atoms with E-state index >= 15 is 0 Å². The Morgan fingerprint density at radius 3 is 2.67 bits per heavy atom. The van der Waals surface area contributed by atoms with Crippen molar-refractivity contribution in [1.29, 1.82) is 0 Å². The van der Waals surface area contributed by atoms with Crippen molar-refractivity contribution in [3.8, 4) is 0 Å². The van der Waals surface area contributed by atoms with Gasteiger partial charge >= 0.3 is 0 Å². The summed E-state index contributed by atoms with van der Waals surface area (Å²) in [5, 5.41) is 3.33. The number of hydrogen-bond donors (Lipinski definition) is 1. The average Bonchev–Trinajstić information content (AvgIpc) is 2.75. The minimum atomic E-state index is 0. The molecular weight excluding hydrogens is 268 g/mol. The molecule has 0 aromatic carbocycles. The van der Waals surface area contributed by atoms with E-state index in [4.69, 9.17) is 0 Å². The normalized spacial score (nSPS) is 16.1. The second kappa shape index (κ2) is 7.12. The monoisotopic (exact) mass is 288 g/mol. The van der Waals surface area contributed by atoms with Crippen molar-refractivity contribution in [2.45, 2.75) is 32.2 Å². The lowest BCUT2D eigenvalue weighted by molar-refractivity contribution is -0.131. The quantitative estimate of drug-likeness (QED) is 0.925. The summed E-state index contributed by atoms with van der Waals surface area (Å²) in [7, 11) is 1.94. The number of nitrogens with one attached hydrogen (secondary N) is 1. The Morgan fingerprint density at radius 2 is 2.11 bits per heavy atom. The van der Waals surface area contributed by atoms with Gasteiger partial charge in [-0.3, -0.25) is 4.79 Å². The van der Waals surface area contributed by atoms with Crippen LogP contribution in [0.3, 0.4) is 0 Å². The number of amides is 1. The number of rotatable bonds is 3. The topological polar surface area (TPSA) is 32.3 Å². The first-order chi connectivity index (χ1) is 8.16. The maximum Gasteiger partial charge on any atom is 0.227 e. The van der Waals surface area contributed by atoms with Crippen LogP contribution in [0.4, 0.5) is 0 Å². The number of likely N-dealkylation sites (N-methyl/N-ethyl adjacent to an activating group) is 1. The first kappa shape index (κ1) is 15.5. The van der Waals surface area contributed by atoms with Crippen LogP contribution < -0.4 is 5.32 Å². The molecule has 0 saturated carbocycles. The van der Waals surface area contributed by atoms with Crippen molar-refractivity contribution in [3.63, 3.8) is 0 Å². The standard InChI is InChI=1S/C13H20N2OS.ClH/c1-10-3-4-12(17-10)9-13(16)15(2)11-5-7-14-8-6-11;/h3-4,11,14H,5-9H2,1-2H3;1H. The highest BCUT2D eigenvalue weighted by Gasteiger charge is 2.21. The number of piperidine rings is 1. The molecule has 0 atom stereocenters. The Bertz CT molecular complexity index is 388. The molecule has 0 spiro atoms. The molecule has 1 N–H and O–H groups in total. The van der Waals surface area contributed by atoms with E-state index in [0.29, 0.717) is 12.5 Å². The van der Waals surface area contributed by atoms with E-state index in [1.165, 1.54) is 9.75 Å². The maximum absolute atomic E-state index is 12.1. The van der Waals surface area contributed by atoms with E-state index in [2.05, 4.69) is 24.4 Å². The highest BCUT2D eigenvalue weighted by molar-refractivity contribution is 7.12. The zero-order valence-corrected chi connectivity index (χ0v) is 12.6. The molecular formula is C13H21ClN2OS. The SMILES string of the molecule is Cc1ccc(CC(=O)N(C)C2CCNCC2)s1.Cl. The fourth-order valence-electron chi connectivity index (χ4n) is 2.25. The number of halogens is 1. The van der Waals surface area contributed by atoms with Crippen LogP contribution in [-0.4, -0.2) is 37.0 Å². The minimum Gasteiger partial charge on any atom is -0.342 e. The van der Waals surface area contributed by atoms with E-state index in [0.717, 1.165) is 25.9 Å². The van der Waals surface area contributed by atoms with E-state index in [1.54, 1.807) is 11.3 Å². The molecule has 2 heterocycles. The third kappa shape index (κ3) is 3.97. The summed E-state index contributed by atoms with van der Waals surface area (Å²) >= 11 is 1.72. The fourth-order valence-corrected chi connectivity index (χ4v) is 3.13. The van der Waals surface area contributed by atoms with E-state index < -0.39 is 0 Å². The second-order valence-electron chi connectivity index (χ2n) is 4.67. The van der Waals surface area contributed by atoms with Crippen molar-refractivity contribution in [3.05, 3.63) is 21.9 Å². The Morgan fingerprint density at radius 1 is 1.44 bits per heavy atom. The van der Waals surface area contributed by atoms with Gasteiger partial charge < -0.3 is 10.2 Å². The number of hydrogen-bond acceptors (Lipinski definition) is 3. The summed E-state index contributed by atoms with van der Waals surface area (Å²) in [5.41, 5.74) is 0. The first-order valence-corrected chi connectivity index (χ1v) is 7.00. The molecule has 3 nitrogen and oxygen atoms in total. The number of nitrogens with zero attached hydrogens (tertiary/aromatic N) is 1. The molecule has 0 unspecified atom stereocenters. The van der Waals surface area contributed by atoms with Crippen LogP contribution in [0.1, 0.15) is 22.6 Å². The largest absolute Gasteiger partial charge is 0.342 e. The molecule has 1 aliphatic rings. The molecule has 0 aliphatic carbocycles. The average molecular weight is 289 g/mol. The first-order valence-electron chi connectivity index (χ1n) is 6.18. The van der Waals surface area contributed by atoms with Crippen LogP contribution in [0.5, 0.6) is 0 Å². The predicted octanol–water partition coefficient (Wildman–Crippen LogP) is 2.23. The molecule has 1 fully saturated rings. The van der Waals surface area contributed by atoms with Crippen molar-refractivity contribution in [2.24, 2.45) is 0 Å². The lowest BCUT2D eigenvalue weighted by Crippen LogP contribution is -2.44. The smallest absolute Gasteiger partial charge is 0.227 e. The molecule has 5 heteroatoms. The summed E-state index contributed by atoms with van der Waals surface area (Å²) in [5.74, 6) is 0.249. The van der Waals surface area contributed by atoms with Gasteiger partial charge in [-0.2, -0.15) is 0 Å². The van der Waals surface area contributed by atoms with Crippen LogP contribution in [0, 0.1) is 6.92 Å². The van der Waals surface area contributed by atoms with Crippen LogP contribution in [0.15, 0.2) is 12.1 Å². The minimum absolute atomic E-state index is 0. The second-order valence-corrected chi connectivity index (χ2v) is 6.05. The molecule has 1 aromatic rings. The van der Waals surface area contributed by atoms with Crippen LogP contribution in [0.25, 0.3) is 0 Å². The Kier molecular flexibility index (Phi) is 6.12. The van der Waals surface area contributed by atoms with Gasteiger partial charge in [0.2, 0.25) is 5.91 Å². The van der Waals surface area contributed by atoms with Crippen molar-refractivity contribution < 1.29 is 4.79 Å². The summed E-state index contributed by atoms with van der Waals surface area (Å²) in [4.78, 5) is 16.5. The molecule has 2 rings (SSSR count). The van der Waals surface area contributed by atoms with Crippen molar-refractivity contribution in [2.75, 3.05) is 20.1 Å². The zero-order valence-electron chi connectivity index (χ0n) is 10.9. The van der Waals surface area contributed by atoms with Gasteiger partial charge in [-0.1, -0.05) is 0 Å². The van der Waals surface area contributed by atoms with Gasteiger partial charge in [-0.15, -0.1) is 23.7 Å². The van der Waals surface area contributed by atoms with Gasteiger partial charge in [0, 0.05) is 22.8 Å². The highest BCUT2D eigenvalue weighted by atomic mass is 35.5. The number of carbonyl (C=O) groups is 1.